The van der Waals surface area contributed by atoms with Crippen molar-refractivity contribution < 1.29 is 14.3 Å². The van der Waals surface area contributed by atoms with Gasteiger partial charge >= 0.3 is 5.97 Å². The topological polar surface area (TPSA) is 55.4 Å². The van der Waals surface area contributed by atoms with Crippen LogP contribution < -0.4 is 5.32 Å². The summed E-state index contributed by atoms with van der Waals surface area (Å²) in [6.07, 6.45) is 2.13. The van der Waals surface area contributed by atoms with E-state index < -0.39 is 11.5 Å². The van der Waals surface area contributed by atoms with E-state index in [0.29, 0.717) is 17.9 Å². The lowest BCUT2D eigenvalue weighted by Crippen LogP contribution is -2.52. The van der Waals surface area contributed by atoms with Crippen LogP contribution in [0.25, 0.3) is 0 Å². The molecule has 1 amide bonds. The highest BCUT2D eigenvalue weighted by Crippen LogP contribution is 2.18. The summed E-state index contributed by atoms with van der Waals surface area (Å²) in [7, 11) is 1.33. The van der Waals surface area contributed by atoms with Gasteiger partial charge in [-0.05, 0) is 31.4 Å². The zero-order chi connectivity index (χ0) is 15.9. The smallest absolute Gasteiger partial charge is 0.331 e. The fourth-order valence-electron chi connectivity index (χ4n) is 2.26. The van der Waals surface area contributed by atoms with Crippen LogP contribution in [0.2, 0.25) is 5.02 Å². The van der Waals surface area contributed by atoms with Gasteiger partial charge in [-0.25, -0.2) is 4.79 Å². The number of methoxy groups -OCH3 is 1. The van der Waals surface area contributed by atoms with Crippen molar-refractivity contribution in [1.29, 1.82) is 0 Å². The molecule has 0 heterocycles. The molecule has 0 spiro atoms. The first-order chi connectivity index (χ1) is 9.92. The van der Waals surface area contributed by atoms with Gasteiger partial charge in [-0.2, -0.15) is 0 Å². The van der Waals surface area contributed by atoms with Crippen LogP contribution in [0.15, 0.2) is 24.3 Å². The SMILES string of the molecule is CCCC(C)(NC(=O)CCc1ccccc1Cl)C(=O)OC. The van der Waals surface area contributed by atoms with Gasteiger partial charge in [0.05, 0.1) is 7.11 Å². The van der Waals surface area contributed by atoms with Crippen molar-refractivity contribution >= 4 is 23.5 Å². The van der Waals surface area contributed by atoms with E-state index in [-0.39, 0.29) is 12.3 Å². The summed E-state index contributed by atoms with van der Waals surface area (Å²) in [6.45, 7) is 3.65. The molecule has 4 nitrogen and oxygen atoms in total. The van der Waals surface area contributed by atoms with Gasteiger partial charge in [-0.15, -0.1) is 0 Å². The molecule has 1 rings (SSSR count). The number of carbonyl (C=O) groups is 2. The molecule has 1 aromatic carbocycles. The molecule has 5 heteroatoms. The number of carbonyl (C=O) groups excluding carboxylic acids is 2. The molecular weight excluding hydrogens is 290 g/mol. The molecule has 0 aliphatic carbocycles. The van der Waals surface area contributed by atoms with Crippen LogP contribution in [0.3, 0.4) is 0 Å². The lowest BCUT2D eigenvalue weighted by Gasteiger charge is -2.27. The molecule has 0 aromatic heterocycles. The van der Waals surface area contributed by atoms with Gasteiger partial charge in [0.15, 0.2) is 0 Å². The summed E-state index contributed by atoms with van der Waals surface area (Å²) in [5, 5.41) is 3.43. The Hall–Kier alpha value is -1.55. The highest BCUT2D eigenvalue weighted by atomic mass is 35.5. The number of esters is 1. The van der Waals surface area contributed by atoms with Crippen LogP contribution in [0.1, 0.15) is 38.7 Å². The van der Waals surface area contributed by atoms with Crippen LogP contribution in [0.4, 0.5) is 0 Å². The van der Waals surface area contributed by atoms with Gasteiger partial charge in [-0.3, -0.25) is 4.79 Å². The second-order valence-corrected chi connectivity index (χ2v) is 5.62. The second-order valence-electron chi connectivity index (χ2n) is 5.21. The molecule has 0 aliphatic rings. The maximum absolute atomic E-state index is 12.1. The van der Waals surface area contributed by atoms with E-state index in [1.165, 1.54) is 7.11 Å². The molecule has 0 fully saturated rings. The Labute approximate surface area is 130 Å². The van der Waals surface area contributed by atoms with Crippen molar-refractivity contribution in [3.8, 4) is 0 Å². The third-order valence-electron chi connectivity index (χ3n) is 3.38. The molecule has 0 bridgehead atoms. The van der Waals surface area contributed by atoms with E-state index in [1.807, 2.05) is 25.1 Å². The van der Waals surface area contributed by atoms with E-state index in [4.69, 9.17) is 16.3 Å². The number of nitrogens with one attached hydrogen (secondary N) is 1. The Morgan fingerprint density at radius 1 is 1.33 bits per heavy atom. The van der Waals surface area contributed by atoms with Crippen LogP contribution in [0.5, 0.6) is 0 Å². The number of hydrogen-bond donors (Lipinski definition) is 1. The standard InChI is InChI=1S/C16H22ClNO3/c1-4-11-16(2,15(20)21-3)18-14(19)10-9-12-7-5-6-8-13(12)17/h5-8H,4,9-11H2,1-3H3,(H,18,19). The van der Waals surface area contributed by atoms with Crippen molar-refractivity contribution in [1.82, 2.24) is 5.32 Å². The number of halogens is 1. The van der Waals surface area contributed by atoms with E-state index in [0.717, 1.165) is 12.0 Å². The van der Waals surface area contributed by atoms with Gasteiger partial charge in [0.2, 0.25) is 5.91 Å². The first-order valence-corrected chi connectivity index (χ1v) is 7.43. The molecule has 0 saturated heterocycles. The van der Waals surface area contributed by atoms with Crippen molar-refractivity contribution in [3.63, 3.8) is 0 Å². The van der Waals surface area contributed by atoms with Crippen LogP contribution >= 0.6 is 11.6 Å². The molecule has 1 aromatic rings. The first kappa shape index (κ1) is 17.5. The first-order valence-electron chi connectivity index (χ1n) is 7.05. The molecule has 21 heavy (non-hydrogen) atoms. The molecule has 1 unspecified atom stereocenters. The highest BCUT2D eigenvalue weighted by Gasteiger charge is 2.34. The van der Waals surface area contributed by atoms with Crippen LogP contribution in [-0.4, -0.2) is 24.5 Å². The largest absolute Gasteiger partial charge is 0.467 e. The highest BCUT2D eigenvalue weighted by molar-refractivity contribution is 6.31. The Morgan fingerprint density at radius 3 is 2.57 bits per heavy atom. The summed E-state index contributed by atoms with van der Waals surface area (Å²) in [5.41, 5.74) is -0.0503. The van der Waals surface area contributed by atoms with E-state index in [1.54, 1.807) is 13.0 Å². The number of hydrogen-bond acceptors (Lipinski definition) is 3. The number of rotatable bonds is 7. The summed E-state index contributed by atoms with van der Waals surface area (Å²) in [4.78, 5) is 23.9. The Balaban J connectivity index is 2.63. The van der Waals surface area contributed by atoms with E-state index in [2.05, 4.69) is 5.32 Å². The Kier molecular flexibility index (Phi) is 6.69. The number of amides is 1. The van der Waals surface area contributed by atoms with E-state index in [9.17, 15) is 9.59 Å². The zero-order valence-corrected chi connectivity index (χ0v) is 13.5. The minimum atomic E-state index is -0.971. The van der Waals surface area contributed by atoms with Crippen molar-refractivity contribution in [3.05, 3.63) is 34.9 Å². The minimum absolute atomic E-state index is 0.184. The summed E-state index contributed by atoms with van der Waals surface area (Å²) in [6, 6.07) is 7.42. The monoisotopic (exact) mass is 311 g/mol. The maximum atomic E-state index is 12.1. The predicted molar refractivity (Wildman–Crippen MR) is 83.2 cm³/mol. The fourth-order valence-corrected chi connectivity index (χ4v) is 2.49. The fraction of sp³-hybridized carbons (Fsp3) is 0.500. The summed E-state index contributed by atoms with van der Waals surface area (Å²) < 4.78 is 4.78. The van der Waals surface area contributed by atoms with Crippen molar-refractivity contribution in [2.75, 3.05) is 7.11 Å². The van der Waals surface area contributed by atoms with Crippen LogP contribution in [0, 0.1) is 0 Å². The Morgan fingerprint density at radius 2 is 2.00 bits per heavy atom. The Bertz CT molecular complexity index is 504. The molecule has 0 radical (unpaired) electrons. The third kappa shape index (κ3) is 5.05. The number of benzene rings is 1. The van der Waals surface area contributed by atoms with Gasteiger partial charge in [0, 0.05) is 11.4 Å². The predicted octanol–water partition coefficient (Wildman–Crippen LogP) is 3.12. The van der Waals surface area contributed by atoms with E-state index >= 15 is 0 Å². The van der Waals surface area contributed by atoms with Gasteiger partial charge in [0.1, 0.15) is 5.54 Å². The molecule has 1 N–H and O–H groups in total. The van der Waals surface area contributed by atoms with Crippen molar-refractivity contribution in [2.45, 2.75) is 45.1 Å². The third-order valence-corrected chi connectivity index (χ3v) is 3.75. The molecular formula is C16H22ClNO3. The molecule has 0 aliphatic heterocycles. The van der Waals surface area contributed by atoms with Crippen molar-refractivity contribution in [2.24, 2.45) is 0 Å². The normalized spacial score (nSPS) is 13.3. The molecule has 116 valence electrons. The quantitative estimate of drug-likeness (QED) is 0.787. The lowest BCUT2D eigenvalue weighted by atomic mass is 9.95. The summed E-state index contributed by atoms with van der Waals surface area (Å²) in [5.74, 6) is -0.605. The van der Waals surface area contributed by atoms with Crippen LogP contribution in [-0.2, 0) is 20.7 Å². The average Bonchev–Trinajstić information content (AvgIpc) is 2.45. The average molecular weight is 312 g/mol. The number of aryl methyl sites for hydroxylation is 1. The maximum Gasteiger partial charge on any atom is 0.331 e. The zero-order valence-electron chi connectivity index (χ0n) is 12.7. The lowest BCUT2D eigenvalue weighted by molar-refractivity contribution is -0.150. The van der Waals surface area contributed by atoms with Gasteiger partial charge in [-0.1, -0.05) is 43.1 Å². The number of ether oxygens (including phenoxy) is 1. The second kappa shape index (κ2) is 8.03. The minimum Gasteiger partial charge on any atom is -0.467 e. The summed E-state index contributed by atoms with van der Waals surface area (Å²) >= 11 is 6.06. The van der Waals surface area contributed by atoms with Gasteiger partial charge in [0.25, 0.3) is 0 Å². The molecule has 1 atom stereocenters. The van der Waals surface area contributed by atoms with Gasteiger partial charge < -0.3 is 10.1 Å². The molecule has 0 saturated carbocycles.